The van der Waals surface area contributed by atoms with Crippen molar-refractivity contribution in [2.45, 2.75) is 13.0 Å². The van der Waals surface area contributed by atoms with Crippen LogP contribution >= 0.6 is 0 Å². The van der Waals surface area contributed by atoms with Crippen molar-refractivity contribution in [1.82, 2.24) is 30.0 Å². The Balaban J connectivity index is 1.27. The summed E-state index contributed by atoms with van der Waals surface area (Å²) in [5.74, 6) is -2.26. The van der Waals surface area contributed by atoms with Gasteiger partial charge in [-0.3, -0.25) is 19.2 Å². The second kappa shape index (κ2) is 9.81. The van der Waals surface area contributed by atoms with Gasteiger partial charge < -0.3 is 15.2 Å². The Bertz CT molecular complexity index is 1540. The highest BCUT2D eigenvalue weighted by atomic mass is 19.3. The van der Waals surface area contributed by atoms with Crippen LogP contribution < -0.4 is 15.8 Å². The van der Waals surface area contributed by atoms with Gasteiger partial charge in [0, 0.05) is 56.9 Å². The number of H-pyrrole nitrogens is 1. The molecule has 194 valence electrons. The molecule has 37 heavy (non-hydrogen) atoms. The number of aromatic amines is 1. The molecule has 0 radical (unpaired) electrons. The minimum atomic E-state index is -2.72. The maximum absolute atomic E-state index is 15.4. The number of aryl methyl sites for hydroxylation is 1. The third-order valence-electron chi connectivity index (χ3n) is 6.37. The van der Waals surface area contributed by atoms with Crippen LogP contribution in [0.5, 0.6) is 0 Å². The van der Waals surface area contributed by atoms with Gasteiger partial charge in [-0.15, -0.1) is 0 Å². The number of halogens is 4. The summed E-state index contributed by atoms with van der Waals surface area (Å²) in [5.41, 5.74) is 0.464. The van der Waals surface area contributed by atoms with E-state index in [-0.39, 0.29) is 16.9 Å². The first-order valence-corrected chi connectivity index (χ1v) is 11.6. The van der Waals surface area contributed by atoms with E-state index < -0.39 is 36.2 Å². The number of aromatic nitrogens is 4. The summed E-state index contributed by atoms with van der Waals surface area (Å²) in [4.78, 5) is 34.3. The van der Waals surface area contributed by atoms with Crippen molar-refractivity contribution in [1.29, 1.82) is 0 Å². The largest absolute Gasteiger partial charge is 0.365 e. The van der Waals surface area contributed by atoms with Gasteiger partial charge in [0.05, 0.1) is 23.1 Å². The maximum Gasteiger partial charge on any atom is 0.270 e. The number of rotatable bonds is 6. The number of nitrogens with zero attached hydrogens (tertiary/aromatic N) is 5. The van der Waals surface area contributed by atoms with Crippen LogP contribution in [0.1, 0.15) is 16.1 Å². The molecule has 1 amide bonds. The molecule has 1 fully saturated rings. The number of hydrogen-bond donors (Lipinski definition) is 2. The molecule has 0 aliphatic carbocycles. The minimum absolute atomic E-state index is 0.109. The Morgan fingerprint density at radius 2 is 1.86 bits per heavy atom. The summed E-state index contributed by atoms with van der Waals surface area (Å²) in [5, 5.41) is 7.19. The van der Waals surface area contributed by atoms with Crippen LogP contribution in [0.2, 0.25) is 0 Å². The summed E-state index contributed by atoms with van der Waals surface area (Å²) in [6.45, 7) is 1.31. The number of alkyl halides is 2. The topological polar surface area (TPSA) is 99.2 Å². The number of benzene rings is 1. The van der Waals surface area contributed by atoms with E-state index in [0.29, 0.717) is 54.6 Å². The lowest BCUT2D eigenvalue weighted by molar-refractivity contribution is 0.0886. The zero-order chi connectivity index (χ0) is 26.3. The fraction of sp³-hybridized carbons (Fsp3) is 0.333. The van der Waals surface area contributed by atoms with E-state index in [1.54, 1.807) is 30.3 Å². The fourth-order valence-corrected chi connectivity index (χ4v) is 4.53. The van der Waals surface area contributed by atoms with Crippen molar-refractivity contribution < 1.29 is 22.4 Å². The van der Waals surface area contributed by atoms with Crippen molar-refractivity contribution in [3.8, 4) is 0 Å². The molecular weight excluding hydrogens is 494 g/mol. The fourth-order valence-electron chi connectivity index (χ4n) is 4.53. The maximum atomic E-state index is 15.4. The lowest BCUT2D eigenvalue weighted by Gasteiger charge is -2.36. The lowest BCUT2D eigenvalue weighted by atomic mass is 10.1. The number of piperazine rings is 1. The van der Waals surface area contributed by atoms with Gasteiger partial charge in [-0.2, -0.15) is 9.49 Å². The number of carbonyl (C=O) groups is 1. The second-order valence-corrected chi connectivity index (χ2v) is 8.85. The lowest BCUT2D eigenvalue weighted by Crippen LogP contribution is -2.46. The van der Waals surface area contributed by atoms with Gasteiger partial charge in [-0.1, -0.05) is 12.1 Å². The number of carbonyl (C=O) groups excluding carboxylic acids is 1. The minimum Gasteiger partial charge on any atom is -0.365 e. The quantitative estimate of drug-likeness (QED) is 0.301. The standard InChI is InChI=1S/C24H23F4N7O2/c1-33-12-15-20(32-33)14-3-2-13(19(27)21(14)31-23(15)36)11-34-6-8-35(9-7-34)17-5-4-16(30-22(17)28)24(37)29-10-18(25)26/h2-5,12,18H,6-11H2,1H3,(H,29,37)(H,31,36). The number of hydrogen-bond acceptors (Lipinski definition) is 6. The third-order valence-corrected chi connectivity index (χ3v) is 6.37. The number of fused-ring (bicyclic) bond motifs is 3. The van der Waals surface area contributed by atoms with Gasteiger partial charge in [-0.25, -0.2) is 18.2 Å². The molecule has 1 aliphatic heterocycles. The van der Waals surface area contributed by atoms with Gasteiger partial charge in [0.25, 0.3) is 17.9 Å². The Morgan fingerprint density at radius 1 is 1.11 bits per heavy atom. The zero-order valence-corrected chi connectivity index (χ0v) is 19.8. The first kappa shape index (κ1) is 24.7. The number of amides is 1. The smallest absolute Gasteiger partial charge is 0.270 e. The van der Waals surface area contributed by atoms with Gasteiger partial charge in [-0.05, 0) is 12.1 Å². The first-order valence-electron chi connectivity index (χ1n) is 11.6. The summed E-state index contributed by atoms with van der Waals surface area (Å²) >= 11 is 0. The second-order valence-electron chi connectivity index (χ2n) is 8.85. The molecule has 0 atom stereocenters. The molecule has 1 aromatic carbocycles. The molecule has 5 rings (SSSR count). The van der Waals surface area contributed by atoms with Crippen LogP contribution in [0.15, 0.2) is 35.3 Å². The molecule has 0 unspecified atom stereocenters. The first-order chi connectivity index (χ1) is 17.7. The Labute approximate surface area is 207 Å². The highest BCUT2D eigenvalue weighted by Gasteiger charge is 2.23. The number of nitrogens with one attached hydrogen (secondary N) is 2. The van der Waals surface area contributed by atoms with E-state index in [2.05, 4.69) is 15.1 Å². The van der Waals surface area contributed by atoms with Crippen molar-refractivity contribution in [3.05, 3.63) is 63.8 Å². The SMILES string of the molecule is Cn1cc2c(=O)[nH]c3c(F)c(CN4CCN(c5ccc(C(=O)NCC(F)F)nc5F)CC4)ccc3c2n1. The average molecular weight is 517 g/mol. The molecule has 0 saturated carbocycles. The number of pyridine rings is 2. The molecular formula is C24H23F4N7O2. The summed E-state index contributed by atoms with van der Waals surface area (Å²) in [7, 11) is 1.69. The van der Waals surface area contributed by atoms with E-state index in [0.717, 1.165) is 0 Å². The molecule has 1 aliphatic rings. The summed E-state index contributed by atoms with van der Waals surface area (Å²) in [6.07, 6.45) is -1.13. The molecule has 1 saturated heterocycles. The van der Waals surface area contributed by atoms with E-state index >= 15 is 4.39 Å². The van der Waals surface area contributed by atoms with Crippen LogP contribution in [-0.2, 0) is 13.6 Å². The van der Waals surface area contributed by atoms with E-state index in [1.807, 2.05) is 10.2 Å². The summed E-state index contributed by atoms with van der Waals surface area (Å²) in [6, 6.07) is 6.11. The predicted molar refractivity (Wildman–Crippen MR) is 129 cm³/mol. The Hall–Kier alpha value is -4.00. The molecule has 4 aromatic rings. The van der Waals surface area contributed by atoms with Crippen LogP contribution in [0.4, 0.5) is 23.2 Å². The number of anilines is 1. The van der Waals surface area contributed by atoms with Crippen molar-refractivity contribution in [3.63, 3.8) is 0 Å². The molecule has 0 spiro atoms. The molecule has 2 N–H and O–H groups in total. The highest BCUT2D eigenvalue weighted by Crippen LogP contribution is 2.26. The predicted octanol–water partition coefficient (Wildman–Crippen LogP) is 2.41. The third kappa shape index (κ3) is 4.86. The Kier molecular flexibility index (Phi) is 6.54. The molecule has 0 bridgehead atoms. The Morgan fingerprint density at radius 3 is 2.57 bits per heavy atom. The monoisotopic (exact) mass is 517 g/mol. The van der Waals surface area contributed by atoms with Crippen molar-refractivity contribution in [2.75, 3.05) is 37.6 Å². The van der Waals surface area contributed by atoms with E-state index in [4.69, 9.17) is 0 Å². The molecule has 9 nitrogen and oxygen atoms in total. The van der Waals surface area contributed by atoms with Gasteiger partial charge in [0.1, 0.15) is 11.2 Å². The van der Waals surface area contributed by atoms with Crippen LogP contribution in [-0.4, -0.2) is 69.7 Å². The molecule has 13 heteroatoms. The highest BCUT2D eigenvalue weighted by molar-refractivity contribution is 6.03. The van der Waals surface area contributed by atoms with Crippen molar-refractivity contribution >= 4 is 33.4 Å². The average Bonchev–Trinajstić information content (AvgIpc) is 3.27. The van der Waals surface area contributed by atoms with Gasteiger partial charge >= 0.3 is 0 Å². The van der Waals surface area contributed by atoms with Crippen LogP contribution in [0, 0.1) is 11.8 Å². The van der Waals surface area contributed by atoms with Crippen LogP contribution in [0.3, 0.4) is 0 Å². The van der Waals surface area contributed by atoms with Gasteiger partial charge in [0.2, 0.25) is 5.95 Å². The van der Waals surface area contributed by atoms with Gasteiger partial charge in [0.15, 0.2) is 5.82 Å². The van der Waals surface area contributed by atoms with E-state index in [1.165, 1.54) is 16.8 Å². The summed E-state index contributed by atoms with van der Waals surface area (Å²) < 4.78 is 56.0. The van der Waals surface area contributed by atoms with E-state index in [9.17, 15) is 22.8 Å². The molecule has 3 aromatic heterocycles. The van der Waals surface area contributed by atoms with Crippen LogP contribution in [0.25, 0.3) is 21.8 Å². The van der Waals surface area contributed by atoms with Crippen molar-refractivity contribution in [2.24, 2.45) is 7.05 Å². The normalized spacial score (nSPS) is 14.7. The zero-order valence-electron chi connectivity index (χ0n) is 19.8. The molecule has 4 heterocycles.